The molecular weight excluding hydrogens is 414 g/mol. The molecule has 0 bridgehead atoms. The maximum absolute atomic E-state index is 14.5. The van der Waals surface area contributed by atoms with Crippen molar-refractivity contribution in [1.82, 2.24) is 19.9 Å². The lowest BCUT2D eigenvalue weighted by Crippen LogP contribution is -2.27. The van der Waals surface area contributed by atoms with Gasteiger partial charge in [-0.1, -0.05) is 0 Å². The second kappa shape index (κ2) is 7.67. The van der Waals surface area contributed by atoms with Crippen molar-refractivity contribution in [1.29, 1.82) is 0 Å². The van der Waals surface area contributed by atoms with Gasteiger partial charge in [0.2, 0.25) is 0 Å². The first-order valence-corrected chi connectivity index (χ1v) is 10.2. The van der Waals surface area contributed by atoms with Crippen molar-refractivity contribution in [3.8, 4) is 5.75 Å². The summed E-state index contributed by atoms with van der Waals surface area (Å²) in [6, 6.07) is 1.04. The van der Waals surface area contributed by atoms with Crippen molar-refractivity contribution in [3.63, 3.8) is 0 Å². The minimum atomic E-state index is -2.92. The third-order valence-corrected chi connectivity index (χ3v) is 6.19. The Kier molecular flexibility index (Phi) is 4.96. The molecule has 1 fully saturated rings. The van der Waals surface area contributed by atoms with Crippen LogP contribution in [0.15, 0.2) is 18.6 Å². The number of fused-ring (bicyclic) bond motifs is 2. The Labute approximate surface area is 175 Å². The molecule has 1 aliphatic heterocycles. The van der Waals surface area contributed by atoms with Crippen molar-refractivity contribution in [2.75, 3.05) is 12.3 Å². The Morgan fingerprint density at radius 3 is 2.84 bits per heavy atom. The van der Waals surface area contributed by atoms with Crippen molar-refractivity contribution < 1.29 is 22.3 Å². The summed E-state index contributed by atoms with van der Waals surface area (Å²) < 4.78 is 63.5. The quantitative estimate of drug-likeness (QED) is 0.605. The van der Waals surface area contributed by atoms with Crippen LogP contribution in [-0.4, -0.2) is 27.2 Å². The zero-order valence-corrected chi connectivity index (χ0v) is 16.5. The second-order valence-electron chi connectivity index (χ2n) is 8.01. The summed E-state index contributed by atoms with van der Waals surface area (Å²) in [5.41, 5.74) is 6.46. The molecule has 164 valence electrons. The van der Waals surface area contributed by atoms with Crippen LogP contribution in [0.3, 0.4) is 0 Å². The Balaban J connectivity index is 1.42. The topological polar surface area (TPSA) is 78.0 Å². The number of aromatic nitrogens is 3. The SMILES string of the molecule is Nc1ncnc2c1c(F)cn2[C@H]1CC[C@@H](Oc2cc(C(F)F)c(F)c3c2CNCC3)C1. The van der Waals surface area contributed by atoms with Gasteiger partial charge in [-0.2, -0.15) is 0 Å². The minimum absolute atomic E-state index is 0.0806. The van der Waals surface area contributed by atoms with Crippen LogP contribution in [0.2, 0.25) is 0 Å². The largest absolute Gasteiger partial charge is 0.490 e. The molecule has 3 aromatic rings. The predicted octanol–water partition coefficient (Wildman–Crippen LogP) is 4.05. The maximum atomic E-state index is 14.5. The first-order chi connectivity index (χ1) is 14.9. The van der Waals surface area contributed by atoms with Gasteiger partial charge in [0.15, 0.2) is 5.82 Å². The van der Waals surface area contributed by atoms with Crippen molar-refractivity contribution in [2.45, 2.75) is 50.8 Å². The summed E-state index contributed by atoms with van der Waals surface area (Å²) in [4.78, 5) is 8.01. The Hall–Kier alpha value is -2.88. The highest BCUT2D eigenvalue weighted by atomic mass is 19.3. The van der Waals surface area contributed by atoms with E-state index in [1.165, 1.54) is 12.5 Å². The monoisotopic (exact) mass is 435 g/mol. The zero-order chi connectivity index (χ0) is 21.7. The van der Waals surface area contributed by atoms with Gasteiger partial charge in [0.25, 0.3) is 6.43 Å². The van der Waals surface area contributed by atoms with Crippen LogP contribution in [0.5, 0.6) is 5.75 Å². The van der Waals surface area contributed by atoms with Gasteiger partial charge >= 0.3 is 0 Å². The predicted molar refractivity (Wildman–Crippen MR) is 106 cm³/mol. The van der Waals surface area contributed by atoms with Gasteiger partial charge in [-0.05, 0) is 37.4 Å². The van der Waals surface area contributed by atoms with E-state index in [1.54, 1.807) is 4.57 Å². The van der Waals surface area contributed by atoms with Crippen LogP contribution in [0, 0.1) is 11.6 Å². The molecule has 1 aliphatic carbocycles. The number of alkyl halides is 2. The Bertz CT molecular complexity index is 1150. The molecule has 5 rings (SSSR count). The second-order valence-corrected chi connectivity index (χ2v) is 8.01. The van der Waals surface area contributed by atoms with Crippen molar-refractivity contribution >= 4 is 16.9 Å². The van der Waals surface area contributed by atoms with Crippen LogP contribution in [0.4, 0.5) is 23.4 Å². The Morgan fingerprint density at radius 1 is 1.19 bits per heavy atom. The number of nitrogens with two attached hydrogens (primary N) is 1. The normalized spacial score (nSPS) is 21.1. The van der Waals surface area contributed by atoms with E-state index >= 15 is 0 Å². The summed E-state index contributed by atoms with van der Waals surface area (Å²) in [5, 5.41) is 3.33. The van der Waals surface area contributed by atoms with Crippen LogP contribution >= 0.6 is 0 Å². The standard InChI is InChI=1S/C21H21F4N5O/c22-15-8-30(21-17(15)20(26)28-9-29-21)10-1-2-11(5-10)31-16-6-13(19(24)25)18(23)12-3-4-27-7-14(12)16/h6,8-11,19,27H,1-5,7H2,(H2,26,28,29)/t10-,11+/m0/s1. The van der Waals surface area contributed by atoms with E-state index in [9.17, 15) is 17.6 Å². The highest BCUT2D eigenvalue weighted by Gasteiger charge is 2.32. The number of rotatable bonds is 4. The van der Waals surface area contributed by atoms with Crippen LogP contribution in [0.1, 0.15) is 48.4 Å². The molecule has 0 unspecified atom stereocenters. The minimum Gasteiger partial charge on any atom is -0.490 e. The number of nitrogen functional groups attached to an aromatic ring is 1. The number of ether oxygens (including phenoxy) is 1. The number of anilines is 1. The van der Waals surface area contributed by atoms with E-state index in [4.69, 9.17) is 10.5 Å². The maximum Gasteiger partial charge on any atom is 0.266 e. The van der Waals surface area contributed by atoms with Gasteiger partial charge < -0.3 is 20.4 Å². The summed E-state index contributed by atoms with van der Waals surface area (Å²) in [6.07, 6.45) is 1.68. The third-order valence-electron chi connectivity index (χ3n) is 6.19. The van der Waals surface area contributed by atoms with Crippen molar-refractivity contribution in [2.24, 2.45) is 0 Å². The number of hydrogen-bond donors (Lipinski definition) is 2. The molecule has 2 atom stereocenters. The lowest BCUT2D eigenvalue weighted by Gasteiger charge is -2.25. The molecule has 0 radical (unpaired) electrons. The van der Waals surface area contributed by atoms with E-state index < -0.39 is 23.6 Å². The molecule has 31 heavy (non-hydrogen) atoms. The molecular formula is C21H21F4N5O. The fraction of sp³-hybridized carbons (Fsp3) is 0.429. The van der Waals surface area contributed by atoms with E-state index in [2.05, 4.69) is 15.3 Å². The highest BCUT2D eigenvalue weighted by Crippen LogP contribution is 2.40. The fourth-order valence-corrected chi connectivity index (χ4v) is 4.69. The summed E-state index contributed by atoms with van der Waals surface area (Å²) >= 11 is 0. The Morgan fingerprint density at radius 2 is 2.03 bits per heavy atom. The van der Waals surface area contributed by atoms with Crippen LogP contribution in [0.25, 0.3) is 11.0 Å². The van der Waals surface area contributed by atoms with E-state index in [-0.39, 0.29) is 23.3 Å². The van der Waals surface area contributed by atoms with Gasteiger partial charge in [0.05, 0.1) is 10.9 Å². The average Bonchev–Trinajstić information content (AvgIpc) is 3.35. The molecule has 6 nitrogen and oxygen atoms in total. The molecule has 3 heterocycles. The highest BCUT2D eigenvalue weighted by molar-refractivity contribution is 5.86. The molecule has 1 saturated carbocycles. The summed E-state index contributed by atoms with van der Waals surface area (Å²) in [7, 11) is 0. The lowest BCUT2D eigenvalue weighted by atomic mass is 9.96. The van der Waals surface area contributed by atoms with Crippen LogP contribution < -0.4 is 15.8 Å². The molecule has 10 heteroatoms. The van der Waals surface area contributed by atoms with E-state index in [0.717, 1.165) is 6.07 Å². The molecule has 2 aliphatic rings. The molecule has 0 amide bonds. The lowest BCUT2D eigenvalue weighted by molar-refractivity contribution is 0.144. The van der Waals surface area contributed by atoms with Gasteiger partial charge in [-0.3, -0.25) is 0 Å². The molecule has 3 N–H and O–H groups in total. The first kappa shape index (κ1) is 20.0. The number of nitrogens with one attached hydrogen (secondary N) is 1. The van der Waals surface area contributed by atoms with Gasteiger partial charge in [0.1, 0.15) is 35.5 Å². The molecule has 0 spiro atoms. The fourth-order valence-electron chi connectivity index (χ4n) is 4.69. The molecule has 2 aromatic heterocycles. The number of nitrogens with zero attached hydrogens (tertiary/aromatic N) is 3. The smallest absolute Gasteiger partial charge is 0.266 e. The number of halogens is 4. The molecule has 0 saturated heterocycles. The van der Waals surface area contributed by atoms with E-state index in [0.29, 0.717) is 61.3 Å². The van der Waals surface area contributed by atoms with Gasteiger partial charge in [-0.25, -0.2) is 27.5 Å². The molecule has 1 aromatic carbocycles. The van der Waals surface area contributed by atoms with E-state index in [1.807, 2.05) is 0 Å². The third kappa shape index (κ3) is 3.38. The first-order valence-electron chi connectivity index (χ1n) is 10.2. The number of hydrogen-bond acceptors (Lipinski definition) is 5. The average molecular weight is 435 g/mol. The summed E-state index contributed by atoms with van der Waals surface area (Å²) in [5.74, 6) is -0.955. The van der Waals surface area contributed by atoms with Gasteiger partial charge in [-0.15, -0.1) is 0 Å². The zero-order valence-electron chi connectivity index (χ0n) is 16.5. The number of benzene rings is 1. The van der Waals surface area contributed by atoms with Crippen LogP contribution in [-0.2, 0) is 13.0 Å². The van der Waals surface area contributed by atoms with Gasteiger partial charge in [0, 0.05) is 30.8 Å². The summed E-state index contributed by atoms with van der Waals surface area (Å²) in [6.45, 7) is 0.893. The van der Waals surface area contributed by atoms with Crippen molar-refractivity contribution in [3.05, 3.63) is 46.9 Å².